The molecule has 0 spiro atoms. The highest BCUT2D eigenvalue weighted by Gasteiger charge is 2.30. The Morgan fingerprint density at radius 2 is 2.08 bits per heavy atom. The van der Waals surface area contributed by atoms with E-state index in [9.17, 15) is 18.0 Å². The first kappa shape index (κ1) is 18.8. The number of amides is 1. The fourth-order valence-electron chi connectivity index (χ4n) is 1.94. The van der Waals surface area contributed by atoms with Crippen molar-refractivity contribution in [2.24, 2.45) is 0 Å². The van der Waals surface area contributed by atoms with Gasteiger partial charge in [-0.25, -0.2) is 4.98 Å². The van der Waals surface area contributed by atoms with Crippen molar-refractivity contribution in [3.8, 4) is 17.6 Å². The fourth-order valence-corrected chi connectivity index (χ4v) is 2.78. The number of halogens is 3. The lowest BCUT2D eigenvalue weighted by Gasteiger charge is -2.08. The maximum absolute atomic E-state index is 12.6. The molecule has 0 bridgehead atoms. The van der Waals surface area contributed by atoms with E-state index >= 15 is 0 Å². The van der Waals surface area contributed by atoms with Gasteiger partial charge in [0.05, 0.1) is 22.8 Å². The monoisotopic (exact) mass is 368 g/mol. The molecule has 132 valence electrons. The van der Waals surface area contributed by atoms with Gasteiger partial charge < -0.3 is 10.1 Å². The van der Waals surface area contributed by atoms with Gasteiger partial charge in [-0.1, -0.05) is 17.9 Å². The lowest BCUT2D eigenvalue weighted by atomic mass is 10.2. The van der Waals surface area contributed by atoms with Crippen molar-refractivity contribution in [1.29, 1.82) is 0 Å². The Balaban J connectivity index is 1.80. The van der Waals surface area contributed by atoms with Crippen LogP contribution < -0.4 is 10.1 Å². The quantitative estimate of drug-likeness (QED) is 0.839. The number of carbonyl (C=O) groups excluding carboxylic acids is 1. The van der Waals surface area contributed by atoms with Gasteiger partial charge in [0.1, 0.15) is 17.2 Å². The van der Waals surface area contributed by atoms with Crippen LogP contribution in [-0.4, -0.2) is 24.0 Å². The molecule has 0 saturated carbocycles. The molecule has 1 heterocycles. The van der Waals surface area contributed by atoms with E-state index in [1.165, 1.54) is 23.5 Å². The smallest absolute Gasteiger partial charge is 0.416 e. The normalized spacial score (nSPS) is 10.8. The van der Waals surface area contributed by atoms with Gasteiger partial charge in [0.2, 0.25) is 0 Å². The summed E-state index contributed by atoms with van der Waals surface area (Å²) in [6.07, 6.45) is -4.41. The molecule has 0 unspecified atom stereocenters. The largest absolute Gasteiger partial charge is 0.481 e. The third kappa shape index (κ3) is 5.50. The van der Waals surface area contributed by atoms with E-state index in [4.69, 9.17) is 4.74 Å². The molecule has 1 aromatic carbocycles. The molecule has 0 atom stereocenters. The number of aryl methyl sites for hydroxylation is 2. The summed E-state index contributed by atoms with van der Waals surface area (Å²) in [6.45, 7) is 3.61. The Labute approximate surface area is 147 Å². The summed E-state index contributed by atoms with van der Waals surface area (Å²) < 4.78 is 42.9. The second kappa shape index (κ2) is 8.03. The zero-order valence-corrected chi connectivity index (χ0v) is 14.3. The molecule has 25 heavy (non-hydrogen) atoms. The summed E-state index contributed by atoms with van der Waals surface area (Å²) in [5.41, 5.74) is -0.110. The highest BCUT2D eigenvalue weighted by Crippen LogP contribution is 2.31. The second-order valence-electron chi connectivity index (χ2n) is 5.00. The molecule has 1 amide bonds. The minimum absolute atomic E-state index is 0.0735. The summed E-state index contributed by atoms with van der Waals surface area (Å²) in [5.74, 6) is 5.15. The zero-order chi connectivity index (χ0) is 18.4. The van der Waals surface area contributed by atoms with Gasteiger partial charge in [0.25, 0.3) is 5.91 Å². The van der Waals surface area contributed by atoms with Crippen molar-refractivity contribution < 1.29 is 22.7 Å². The first-order valence-corrected chi connectivity index (χ1v) is 8.07. The molecule has 0 radical (unpaired) electrons. The van der Waals surface area contributed by atoms with Crippen molar-refractivity contribution in [3.05, 3.63) is 45.4 Å². The maximum atomic E-state index is 12.6. The van der Waals surface area contributed by atoms with Gasteiger partial charge in [-0.3, -0.25) is 4.79 Å². The minimum Gasteiger partial charge on any atom is -0.481 e. The number of nitrogens with zero attached hydrogens (tertiary/aromatic N) is 1. The zero-order valence-electron chi connectivity index (χ0n) is 13.5. The molecule has 0 aliphatic carbocycles. The second-order valence-corrected chi connectivity index (χ2v) is 6.20. The molecule has 2 rings (SSSR count). The van der Waals surface area contributed by atoms with Crippen molar-refractivity contribution in [2.75, 3.05) is 13.2 Å². The Bertz CT molecular complexity index is 819. The number of nitrogens with one attached hydrogen (secondary N) is 1. The molecule has 0 aliphatic rings. The first-order valence-electron chi connectivity index (χ1n) is 7.25. The number of benzene rings is 1. The van der Waals surface area contributed by atoms with E-state index < -0.39 is 11.7 Å². The van der Waals surface area contributed by atoms with Gasteiger partial charge in [0, 0.05) is 0 Å². The van der Waals surface area contributed by atoms with Crippen LogP contribution in [0.5, 0.6) is 5.75 Å². The third-order valence-electron chi connectivity index (χ3n) is 3.04. The van der Waals surface area contributed by atoms with Crippen LogP contribution in [0.4, 0.5) is 13.2 Å². The predicted molar refractivity (Wildman–Crippen MR) is 88.6 cm³/mol. The summed E-state index contributed by atoms with van der Waals surface area (Å²) in [7, 11) is 0. The van der Waals surface area contributed by atoms with Gasteiger partial charge in [-0.05, 0) is 32.0 Å². The molecular weight excluding hydrogens is 353 g/mol. The van der Waals surface area contributed by atoms with Gasteiger partial charge >= 0.3 is 6.18 Å². The average molecular weight is 368 g/mol. The minimum atomic E-state index is -4.41. The van der Waals surface area contributed by atoms with Crippen molar-refractivity contribution in [2.45, 2.75) is 20.0 Å². The van der Waals surface area contributed by atoms with Crippen LogP contribution in [0.2, 0.25) is 0 Å². The first-order chi connectivity index (χ1) is 11.8. The summed E-state index contributed by atoms with van der Waals surface area (Å²) in [6, 6.07) is 4.58. The number of alkyl halides is 3. The SMILES string of the molecule is Cc1nc(C)c(C(=O)NCC#CCOc2cccc(C(F)(F)F)c2)s1. The van der Waals surface area contributed by atoms with E-state index in [0.29, 0.717) is 10.6 Å². The predicted octanol–water partition coefficient (Wildman–Crippen LogP) is 3.59. The fraction of sp³-hybridized carbons (Fsp3) is 0.294. The van der Waals surface area contributed by atoms with E-state index in [-0.39, 0.29) is 24.8 Å². The van der Waals surface area contributed by atoms with Crippen LogP contribution >= 0.6 is 11.3 Å². The molecule has 1 aromatic heterocycles. The molecule has 4 nitrogen and oxygen atoms in total. The number of carbonyl (C=O) groups is 1. The Morgan fingerprint density at radius 3 is 2.72 bits per heavy atom. The Morgan fingerprint density at radius 1 is 1.32 bits per heavy atom. The van der Waals surface area contributed by atoms with Crippen LogP contribution in [-0.2, 0) is 6.18 Å². The van der Waals surface area contributed by atoms with Gasteiger partial charge in [-0.15, -0.1) is 11.3 Å². The van der Waals surface area contributed by atoms with Crippen LogP contribution in [0.25, 0.3) is 0 Å². The highest BCUT2D eigenvalue weighted by molar-refractivity contribution is 7.13. The summed E-state index contributed by atoms with van der Waals surface area (Å²) >= 11 is 1.30. The van der Waals surface area contributed by atoms with E-state index in [1.54, 1.807) is 6.92 Å². The topological polar surface area (TPSA) is 51.2 Å². The standard InChI is InChI=1S/C17H15F3N2O2S/c1-11-15(25-12(2)22-11)16(23)21-8-3-4-9-24-14-7-5-6-13(10-14)17(18,19)20/h5-7,10H,8-9H2,1-2H3,(H,21,23). The van der Waals surface area contributed by atoms with E-state index in [0.717, 1.165) is 17.1 Å². The maximum Gasteiger partial charge on any atom is 0.416 e. The number of rotatable bonds is 4. The number of thiazole rings is 1. The van der Waals surface area contributed by atoms with Crippen LogP contribution in [0, 0.1) is 25.7 Å². The van der Waals surface area contributed by atoms with Crippen LogP contribution in [0.15, 0.2) is 24.3 Å². The lowest BCUT2D eigenvalue weighted by molar-refractivity contribution is -0.137. The molecule has 2 aromatic rings. The highest BCUT2D eigenvalue weighted by atomic mass is 32.1. The lowest BCUT2D eigenvalue weighted by Crippen LogP contribution is -2.23. The van der Waals surface area contributed by atoms with Gasteiger partial charge in [0.15, 0.2) is 0 Å². The molecule has 0 aliphatic heterocycles. The molecule has 0 saturated heterocycles. The molecular formula is C17H15F3N2O2S. The Hall–Kier alpha value is -2.53. The Kier molecular flexibility index (Phi) is 6.04. The van der Waals surface area contributed by atoms with E-state index in [2.05, 4.69) is 22.1 Å². The van der Waals surface area contributed by atoms with Crippen LogP contribution in [0.3, 0.4) is 0 Å². The average Bonchev–Trinajstić information content (AvgIpc) is 2.88. The van der Waals surface area contributed by atoms with Crippen LogP contribution in [0.1, 0.15) is 25.9 Å². The van der Waals surface area contributed by atoms with E-state index in [1.807, 2.05) is 6.92 Å². The summed E-state index contributed by atoms with van der Waals surface area (Å²) in [4.78, 5) is 16.6. The summed E-state index contributed by atoms with van der Waals surface area (Å²) in [5, 5.41) is 3.44. The molecule has 8 heteroatoms. The van der Waals surface area contributed by atoms with Crippen molar-refractivity contribution in [3.63, 3.8) is 0 Å². The third-order valence-corrected chi connectivity index (χ3v) is 4.12. The molecule has 0 fully saturated rings. The van der Waals surface area contributed by atoms with Crippen molar-refractivity contribution in [1.82, 2.24) is 10.3 Å². The number of aromatic nitrogens is 1. The number of hydrogen-bond acceptors (Lipinski definition) is 4. The van der Waals surface area contributed by atoms with Crippen molar-refractivity contribution >= 4 is 17.2 Å². The number of ether oxygens (including phenoxy) is 1. The molecule has 1 N–H and O–H groups in total. The number of hydrogen-bond donors (Lipinski definition) is 1. The van der Waals surface area contributed by atoms with Gasteiger partial charge in [-0.2, -0.15) is 13.2 Å².